The van der Waals surface area contributed by atoms with E-state index in [1.165, 1.54) is 13.2 Å². The molecule has 12 heteroatoms. The van der Waals surface area contributed by atoms with Gasteiger partial charge in [-0.25, -0.2) is 0 Å². The van der Waals surface area contributed by atoms with Crippen molar-refractivity contribution in [2.24, 2.45) is 0 Å². The first-order valence-corrected chi connectivity index (χ1v) is 13.3. The van der Waals surface area contributed by atoms with Crippen LogP contribution in [0.5, 0.6) is 11.5 Å². The second kappa shape index (κ2) is 12.2. The van der Waals surface area contributed by atoms with Gasteiger partial charge in [-0.05, 0) is 75.7 Å². The van der Waals surface area contributed by atoms with Crippen molar-refractivity contribution in [3.63, 3.8) is 0 Å². The van der Waals surface area contributed by atoms with Crippen LogP contribution in [0.15, 0.2) is 24.3 Å². The number of carbonyl (C=O) groups excluding carboxylic acids is 2. The van der Waals surface area contributed by atoms with E-state index < -0.39 is 18.3 Å². The Morgan fingerprint density at radius 1 is 0.850 bits per heavy atom. The molecule has 10 nitrogen and oxygen atoms in total. The molecule has 2 aromatic carbocycles. The Hall–Kier alpha value is -3.05. The summed E-state index contributed by atoms with van der Waals surface area (Å²) in [7, 11) is 3.08. The Morgan fingerprint density at radius 3 is 1.75 bits per heavy atom. The molecule has 2 aromatic rings. The molecule has 0 bridgehead atoms. The van der Waals surface area contributed by atoms with Crippen LogP contribution < -0.4 is 20.4 Å². The van der Waals surface area contributed by atoms with Gasteiger partial charge in [0.1, 0.15) is 11.5 Å². The number of ether oxygens (including phenoxy) is 2. The predicted octanol–water partition coefficient (Wildman–Crippen LogP) is 0.832. The van der Waals surface area contributed by atoms with E-state index in [1.54, 1.807) is 50.4 Å². The fraction of sp³-hybridized carbons (Fsp3) is 0.500. The summed E-state index contributed by atoms with van der Waals surface area (Å²) in [4.78, 5) is 27.8. The third-order valence-electron chi connectivity index (χ3n) is 7.60. The van der Waals surface area contributed by atoms with Crippen molar-refractivity contribution in [1.82, 2.24) is 9.80 Å². The second-order valence-electron chi connectivity index (χ2n) is 10.8. The molecule has 0 aliphatic carbocycles. The number of aliphatic hydroxyl groups is 1. The fourth-order valence-corrected chi connectivity index (χ4v) is 4.41. The molecule has 0 spiro atoms. The summed E-state index contributed by atoms with van der Waals surface area (Å²) in [5, 5.41) is 28.5. The molecule has 1 radical (unpaired) electrons. The zero-order chi connectivity index (χ0) is 30.0. The first-order valence-electron chi connectivity index (χ1n) is 13.3. The molecule has 2 aliphatic heterocycles. The van der Waals surface area contributed by atoms with Crippen molar-refractivity contribution >= 4 is 37.3 Å². The molecular formula is C28H39B2N2O8. The maximum atomic E-state index is 12.3. The molecule has 0 fully saturated rings. The average Bonchev–Trinajstić information content (AvgIpc) is 3.41. The quantitative estimate of drug-likeness (QED) is 0.390. The van der Waals surface area contributed by atoms with Crippen LogP contribution in [0.4, 0.5) is 0 Å². The van der Waals surface area contributed by atoms with Gasteiger partial charge in [0, 0.05) is 26.2 Å². The number of hydrogen-bond donors (Lipinski definition) is 3. The van der Waals surface area contributed by atoms with E-state index in [0.717, 1.165) is 16.6 Å². The van der Waals surface area contributed by atoms with Crippen molar-refractivity contribution in [3.05, 3.63) is 46.5 Å². The Bertz CT molecular complexity index is 1260. The van der Waals surface area contributed by atoms with Crippen LogP contribution in [0.1, 0.15) is 73.4 Å². The minimum absolute atomic E-state index is 0.00337. The van der Waals surface area contributed by atoms with Crippen LogP contribution in [0.25, 0.3) is 0 Å². The van der Waals surface area contributed by atoms with Crippen LogP contribution in [0.3, 0.4) is 0 Å². The molecule has 2 amide bonds. The Kier molecular flexibility index (Phi) is 9.61. The highest BCUT2D eigenvalue weighted by atomic mass is 16.5. The zero-order valence-corrected chi connectivity index (χ0v) is 24.6. The maximum Gasteiger partial charge on any atom is 0.488 e. The molecule has 0 aromatic heterocycles. The molecule has 2 heterocycles. The molecule has 0 unspecified atom stereocenters. The minimum Gasteiger partial charge on any atom is -0.496 e. The lowest BCUT2D eigenvalue weighted by atomic mass is 9.79. The summed E-state index contributed by atoms with van der Waals surface area (Å²) in [6, 6.07) is 6.85. The number of benzene rings is 2. The van der Waals surface area contributed by atoms with Crippen LogP contribution in [-0.4, -0.2) is 89.9 Å². The van der Waals surface area contributed by atoms with E-state index in [0.29, 0.717) is 54.3 Å². The van der Waals surface area contributed by atoms with Gasteiger partial charge >= 0.3 is 14.6 Å². The van der Waals surface area contributed by atoms with Gasteiger partial charge in [-0.1, -0.05) is 12.1 Å². The second-order valence-corrected chi connectivity index (χ2v) is 10.8. The zero-order valence-electron chi connectivity index (χ0n) is 24.6. The smallest absolute Gasteiger partial charge is 0.488 e. The number of nitrogens with zero attached hydrogens (tertiary/aromatic N) is 2. The van der Waals surface area contributed by atoms with E-state index in [9.17, 15) is 14.7 Å². The summed E-state index contributed by atoms with van der Waals surface area (Å²) in [6.45, 7) is 13.3. The van der Waals surface area contributed by atoms with Crippen LogP contribution in [0, 0.1) is 0 Å². The minimum atomic E-state index is -1.56. The summed E-state index contributed by atoms with van der Waals surface area (Å²) < 4.78 is 16.3. The van der Waals surface area contributed by atoms with Crippen molar-refractivity contribution in [2.75, 3.05) is 27.3 Å². The van der Waals surface area contributed by atoms with Crippen LogP contribution in [-0.2, 0) is 17.7 Å². The molecule has 2 aliphatic rings. The van der Waals surface area contributed by atoms with Crippen molar-refractivity contribution < 1.29 is 38.9 Å². The molecular weight excluding hydrogens is 514 g/mol. The molecule has 40 heavy (non-hydrogen) atoms. The Balaban J connectivity index is 0.000000230. The van der Waals surface area contributed by atoms with E-state index in [2.05, 4.69) is 0 Å². The first-order chi connectivity index (χ1) is 18.7. The highest BCUT2D eigenvalue weighted by Crippen LogP contribution is 2.31. The third-order valence-corrected chi connectivity index (χ3v) is 7.60. The standard InChI is InChI=1S/C17H25BNO4.C11H14BNO4/c1-7-19-10-11-8-12(9-13(22-6)14(11)15(19)20)18-23-17(4,5)16(2,3)21;1-3-13-6-7-4-8(12(15)16)5-9(17-2)10(7)11(13)14/h8-9,21H,7,10H2,1-6H3;4-5,15-16H,3,6H2,1-2H3. The number of fused-ring (bicyclic) bond motifs is 2. The largest absolute Gasteiger partial charge is 0.496 e. The monoisotopic (exact) mass is 553 g/mol. The highest BCUT2D eigenvalue weighted by molar-refractivity contribution is 6.58. The summed E-state index contributed by atoms with van der Waals surface area (Å²) in [5.74, 6) is 0.882. The molecule has 0 saturated carbocycles. The number of amides is 2. The van der Waals surface area contributed by atoms with Crippen LogP contribution >= 0.6 is 0 Å². The van der Waals surface area contributed by atoms with Gasteiger partial charge in [-0.2, -0.15) is 0 Å². The molecule has 215 valence electrons. The number of carbonyl (C=O) groups is 2. The number of hydrogen-bond acceptors (Lipinski definition) is 8. The van der Waals surface area contributed by atoms with Gasteiger partial charge in [0.15, 0.2) is 0 Å². The Morgan fingerprint density at radius 2 is 1.32 bits per heavy atom. The summed E-state index contributed by atoms with van der Waals surface area (Å²) in [5.41, 5.74) is 2.29. The van der Waals surface area contributed by atoms with Crippen molar-refractivity contribution in [3.8, 4) is 11.5 Å². The number of methoxy groups -OCH3 is 2. The van der Waals surface area contributed by atoms with Gasteiger partial charge in [0.25, 0.3) is 11.8 Å². The summed E-state index contributed by atoms with van der Waals surface area (Å²) in [6.07, 6.45) is 0. The van der Waals surface area contributed by atoms with Crippen molar-refractivity contribution in [2.45, 2.75) is 65.8 Å². The SMILES string of the molecule is CCN1Cc2cc(B(O)O)cc(OC)c2C1=O.CCN1Cc2cc([B]OC(C)(C)C(C)(C)O)cc(OC)c2C1=O. The van der Waals surface area contributed by atoms with E-state index in [-0.39, 0.29) is 11.8 Å². The molecule has 0 saturated heterocycles. The lowest BCUT2D eigenvalue weighted by Gasteiger charge is -2.37. The lowest BCUT2D eigenvalue weighted by molar-refractivity contribution is -0.0893. The van der Waals surface area contributed by atoms with Gasteiger partial charge < -0.3 is 39.1 Å². The van der Waals surface area contributed by atoms with Crippen LogP contribution in [0.2, 0.25) is 0 Å². The fourth-order valence-electron chi connectivity index (χ4n) is 4.41. The lowest BCUT2D eigenvalue weighted by Crippen LogP contribution is -2.49. The molecule has 4 rings (SSSR count). The normalized spacial score (nSPS) is 14.5. The topological polar surface area (TPSA) is 129 Å². The molecule has 3 N–H and O–H groups in total. The number of rotatable bonds is 9. The van der Waals surface area contributed by atoms with E-state index >= 15 is 0 Å². The summed E-state index contributed by atoms with van der Waals surface area (Å²) >= 11 is 0. The Labute approximate surface area is 237 Å². The molecule has 0 atom stereocenters. The predicted molar refractivity (Wildman–Crippen MR) is 153 cm³/mol. The van der Waals surface area contributed by atoms with E-state index in [1.807, 2.05) is 33.8 Å². The average molecular weight is 553 g/mol. The van der Waals surface area contributed by atoms with Gasteiger partial charge in [0.2, 0.25) is 0 Å². The highest BCUT2D eigenvalue weighted by Gasteiger charge is 2.36. The van der Waals surface area contributed by atoms with Gasteiger partial charge in [-0.3, -0.25) is 9.59 Å². The third kappa shape index (κ3) is 6.30. The van der Waals surface area contributed by atoms with Crippen molar-refractivity contribution in [1.29, 1.82) is 0 Å². The van der Waals surface area contributed by atoms with Gasteiger partial charge in [-0.15, -0.1) is 0 Å². The van der Waals surface area contributed by atoms with Gasteiger partial charge in [0.05, 0.1) is 36.5 Å². The first kappa shape index (κ1) is 31.5. The maximum absolute atomic E-state index is 12.3. The van der Waals surface area contributed by atoms with E-state index in [4.69, 9.17) is 24.2 Å².